The first kappa shape index (κ1) is 14.3. The van der Waals surface area contributed by atoms with E-state index in [2.05, 4.69) is 0 Å². The molecule has 0 aliphatic heterocycles. The number of carbonyl (C=O) groups excluding carboxylic acids is 1. The maximum absolute atomic E-state index is 13.3. The summed E-state index contributed by atoms with van der Waals surface area (Å²) in [6.07, 6.45) is 0.858. The van der Waals surface area contributed by atoms with Gasteiger partial charge in [0.15, 0.2) is 0 Å². The van der Waals surface area contributed by atoms with Crippen LogP contribution in [0.25, 0.3) is 0 Å². The summed E-state index contributed by atoms with van der Waals surface area (Å²) in [4.78, 5) is 15.1. The van der Waals surface area contributed by atoms with Crippen LogP contribution >= 0.6 is 0 Å². The molecule has 100 valence electrons. The number of hydrogen-bond acceptors (Lipinski definition) is 3. The fraction of sp³-hybridized carbons (Fsp3) is 0.462. The molecule has 0 bridgehead atoms. The van der Waals surface area contributed by atoms with Gasteiger partial charge in [-0.1, -0.05) is 6.92 Å². The molecule has 0 saturated carbocycles. The van der Waals surface area contributed by atoms with E-state index in [-0.39, 0.29) is 18.3 Å². The Labute approximate surface area is 107 Å². The molecule has 0 unspecified atom stereocenters. The first-order valence-corrected chi connectivity index (χ1v) is 5.95. The lowest BCUT2D eigenvalue weighted by Crippen LogP contribution is -2.37. The molecule has 1 rings (SSSR count). The Hall–Kier alpha value is -1.78. The highest BCUT2D eigenvalue weighted by Gasteiger charge is 2.15. The molecule has 0 heterocycles. The van der Waals surface area contributed by atoms with Gasteiger partial charge in [0, 0.05) is 20.6 Å². The van der Waals surface area contributed by atoms with E-state index in [0.717, 1.165) is 6.42 Å². The molecule has 0 saturated heterocycles. The normalized spacial score (nSPS) is 10.2. The van der Waals surface area contributed by atoms with Crippen molar-refractivity contribution >= 4 is 17.3 Å². The Balaban J connectivity index is 2.96. The second-order valence-corrected chi connectivity index (χ2v) is 4.41. The van der Waals surface area contributed by atoms with Gasteiger partial charge >= 0.3 is 0 Å². The lowest BCUT2D eigenvalue weighted by Gasteiger charge is -2.26. The van der Waals surface area contributed by atoms with Crippen LogP contribution < -0.4 is 10.6 Å². The summed E-state index contributed by atoms with van der Waals surface area (Å²) < 4.78 is 13.3. The van der Waals surface area contributed by atoms with Crippen molar-refractivity contribution in [3.05, 3.63) is 24.0 Å². The highest BCUT2D eigenvalue weighted by atomic mass is 19.1. The maximum atomic E-state index is 13.3. The average molecular weight is 253 g/mol. The molecule has 18 heavy (non-hydrogen) atoms. The Morgan fingerprint density at radius 2 is 2.06 bits per heavy atom. The number of rotatable bonds is 5. The molecule has 1 amide bonds. The Kier molecular flexibility index (Phi) is 4.95. The zero-order valence-electron chi connectivity index (χ0n) is 11.1. The predicted molar refractivity (Wildman–Crippen MR) is 72.0 cm³/mol. The van der Waals surface area contributed by atoms with Gasteiger partial charge < -0.3 is 15.5 Å². The van der Waals surface area contributed by atoms with E-state index in [0.29, 0.717) is 17.9 Å². The SMILES string of the molecule is CCCN(CC(=O)N(C)C)c1cc(F)ccc1N. The summed E-state index contributed by atoms with van der Waals surface area (Å²) in [6, 6.07) is 4.21. The van der Waals surface area contributed by atoms with Gasteiger partial charge in [-0.25, -0.2) is 4.39 Å². The van der Waals surface area contributed by atoms with Gasteiger partial charge in [0.1, 0.15) is 5.82 Å². The number of likely N-dealkylation sites (N-methyl/N-ethyl adjacent to an activating group) is 1. The molecular weight excluding hydrogens is 233 g/mol. The summed E-state index contributed by atoms with van der Waals surface area (Å²) in [7, 11) is 3.39. The van der Waals surface area contributed by atoms with Gasteiger partial charge in [-0.05, 0) is 24.6 Å². The van der Waals surface area contributed by atoms with Crippen LogP contribution in [0.5, 0.6) is 0 Å². The van der Waals surface area contributed by atoms with Crippen molar-refractivity contribution in [2.24, 2.45) is 0 Å². The molecule has 0 radical (unpaired) electrons. The minimum Gasteiger partial charge on any atom is -0.397 e. The Morgan fingerprint density at radius 1 is 1.39 bits per heavy atom. The van der Waals surface area contributed by atoms with Gasteiger partial charge in [0.2, 0.25) is 5.91 Å². The number of nitrogens with zero attached hydrogens (tertiary/aromatic N) is 2. The molecule has 0 spiro atoms. The molecule has 0 aliphatic rings. The first-order valence-electron chi connectivity index (χ1n) is 5.95. The van der Waals surface area contributed by atoms with Crippen LogP contribution in [0, 0.1) is 5.82 Å². The molecule has 0 fully saturated rings. The topological polar surface area (TPSA) is 49.6 Å². The molecule has 0 atom stereocenters. The van der Waals surface area contributed by atoms with Gasteiger partial charge in [-0.2, -0.15) is 0 Å². The Morgan fingerprint density at radius 3 is 2.61 bits per heavy atom. The van der Waals surface area contributed by atoms with E-state index in [1.807, 2.05) is 6.92 Å². The van der Waals surface area contributed by atoms with Crippen LogP contribution in [-0.4, -0.2) is 38.0 Å². The fourth-order valence-corrected chi connectivity index (χ4v) is 1.65. The maximum Gasteiger partial charge on any atom is 0.241 e. The molecule has 5 heteroatoms. The largest absolute Gasteiger partial charge is 0.397 e. The van der Waals surface area contributed by atoms with Crippen LogP contribution in [0.2, 0.25) is 0 Å². The summed E-state index contributed by atoms with van der Waals surface area (Å²) in [5.74, 6) is -0.385. The minimum atomic E-state index is -0.349. The number of halogens is 1. The molecule has 0 aliphatic carbocycles. The van der Waals surface area contributed by atoms with Crippen molar-refractivity contribution in [2.75, 3.05) is 37.8 Å². The lowest BCUT2D eigenvalue weighted by atomic mass is 10.2. The second-order valence-electron chi connectivity index (χ2n) is 4.41. The number of amides is 1. The van der Waals surface area contributed by atoms with Gasteiger partial charge in [-0.15, -0.1) is 0 Å². The van der Waals surface area contributed by atoms with Gasteiger partial charge in [-0.3, -0.25) is 4.79 Å². The monoisotopic (exact) mass is 253 g/mol. The van der Waals surface area contributed by atoms with E-state index in [1.54, 1.807) is 19.0 Å². The van der Waals surface area contributed by atoms with E-state index in [1.165, 1.54) is 23.1 Å². The summed E-state index contributed by atoms with van der Waals surface area (Å²) in [6.45, 7) is 2.87. The predicted octanol–water partition coefficient (Wildman–Crippen LogP) is 1.71. The van der Waals surface area contributed by atoms with E-state index in [9.17, 15) is 9.18 Å². The summed E-state index contributed by atoms with van der Waals surface area (Å²) >= 11 is 0. The summed E-state index contributed by atoms with van der Waals surface area (Å²) in [5.41, 5.74) is 6.90. The highest BCUT2D eigenvalue weighted by molar-refractivity contribution is 5.82. The average Bonchev–Trinajstić information content (AvgIpc) is 2.31. The third-order valence-corrected chi connectivity index (χ3v) is 2.65. The standard InChI is InChI=1S/C13H20FN3O/c1-4-7-17(9-13(18)16(2)3)12-8-10(14)5-6-11(12)15/h5-6,8H,4,7,9,15H2,1-3H3. The molecule has 4 nitrogen and oxygen atoms in total. The Bertz CT molecular complexity index is 421. The third-order valence-electron chi connectivity index (χ3n) is 2.65. The van der Waals surface area contributed by atoms with E-state index >= 15 is 0 Å². The molecule has 1 aromatic rings. The van der Waals surface area contributed by atoms with Crippen molar-refractivity contribution < 1.29 is 9.18 Å². The van der Waals surface area contributed by atoms with Crippen molar-refractivity contribution in [1.29, 1.82) is 0 Å². The van der Waals surface area contributed by atoms with Crippen LogP contribution in [0.4, 0.5) is 15.8 Å². The third kappa shape index (κ3) is 3.61. The van der Waals surface area contributed by atoms with Crippen molar-refractivity contribution in [3.63, 3.8) is 0 Å². The molecule has 1 aromatic carbocycles. The zero-order chi connectivity index (χ0) is 13.7. The smallest absolute Gasteiger partial charge is 0.241 e. The number of anilines is 2. The van der Waals surface area contributed by atoms with Crippen LogP contribution in [-0.2, 0) is 4.79 Å². The van der Waals surface area contributed by atoms with Crippen LogP contribution in [0.15, 0.2) is 18.2 Å². The second kappa shape index (κ2) is 6.23. The molecular formula is C13H20FN3O. The van der Waals surface area contributed by atoms with Crippen LogP contribution in [0.1, 0.15) is 13.3 Å². The number of hydrogen-bond donors (Lipinski definition) is 1. The van der Waals surface area contributed by atoms with E-state index < -0.39 is 0 Å². The van der Waals surface area contributed by atoms with Crippen molar-refractivity contribution in [3.8, 4) is 0 Å². The van der Waals surface area contributed by atoms with Crippen LogP contribution in [0.3, 0.4) is 0 Å². The quantitative estimate of drug-likeness (QED) is 0.813. The number of carbonyl (C=O) groups is 1. The lowest BCUT2D eigenvalue weighted by molar-refractivity contribution is -0.127. The summed E-state index contributed by atoms with van der Waals surface area (Å²) in [5, 5.41) is 0. The minimum absolute atomic E-state index is 0.0351. The van der Waals surface area contributed by atoms with Crippen molar-refractivity contribution in [1.82, 2.24) is 4.90 Å². The van der Waals surface area contributed by atoms with Gasteiger partial charge in [0.25, 0.3) is 0 Å². The molecule has 0 aromatic heterocycles. The van der Waals surface area contributed by atoms with E-state index in [4.69, 9.17) is 5.73 Å². The van der Waals surface area contributed by atoms with Gasteiger partial charge in [0.05, 0.1) is 17.9 Å². The number of benzene rings is 1. The zero-order valence-corrected chi connectivity index (χ0v) is 11.1. The fourth-order valence-electron chi connectivity index (χ4n) is 1.65. The first-order chi connectivity index (χ1) is 8.45. The highest BCUT2D eigenvalue weighted by Crippen LogP contribution is 2.24. The number of nitrogens with two attached hydrogens (primary N) is 1. The van der Waals surface area contributed by atoms with Crippen molar-refractivity contribution in [2.45, 2.75) is 13.3 Å². The molecule has 2 N–H and O–H groups in total. The number of nitrogen functional groups attached to an aromatic ring is 1.